The van der Waals surface area contributed by atoms with Gasteiger partial charge in [0.25, 0.3) is 0 Å². The lowest BCUT2D eigenvalue weighted by molar-refractivity contribution is 0.0748. The third-order valence-corrected chi connectivity index (χ3v) is 3.34. The van der Waals surface area contributed by atoms with E-state index in [-0.39, 0.29) is 5.60 Å². The molecule has 16 heavy (non-hydrogen) atoms. The van der Waals surface area contributed by atoms with Crippen LogP contribution in [0, 0.1) is 6.92 Å². The van der Waals surface area contributed by atoms with E-state index in [9.17, 15) is 0 Å². The van der Waals surface area contributed by atoms with E-state index in [0.717, 1.165) is 31.7 Å². The molecule has 2 heteroatoms. The van der Waals surface area contributed by atoms with E-state index in [0.29, 0.717) is 0 Å². The summed E-state index contributed by atoms with van der Waals surface area (Å²) in [7, 11) is 0. The molecule has 2 rings (SSSR count). The van der Waals surface area contributed by atoms with Crippen molar-refractivity contribution in [3.05, 3.63) is 29.8 Å². The number of para-hydroxylation sites is 1. The Bertz CT molecular complexity index is 340. The quantitative estimate of drug-likeness (QED) is 0.825. The molecule has 0 bridgehead atoms. The highest BCUT2D eigenvalue weighted by Crippen LogP contribution is 2.28. The first-order chi connectivity index (χ1) is 7.70. The molecule has 0 amide bonds. The lowest BCUT2D eigenvalue weighted by Crippen LogP contribution is -2.33. The third-order valence-electron chi connectivity index (χ3n) is 3.34. The molecule has 1 N–H and O–H groups in total. The van der Waals surface area contributed by atoms with E-state index in [2.05, 4.69) is 37.4 Å². The van der Waals surface area contributed by atoms with Crippen molar-refractivity contribution >= 4 is 0 Å². The molecule has 0 aliphatic carbocycles. The van der Waals surface area contributed by atoms with Gasteiger partial charge in [-0.25, -0.2) is 0 Å². The predicted molar refractivity (Wildman–Crippen MR) is 66.9 cm³/mol. The molecule has 1 unspecified atom stereocenters. The third kappa shape index (κ3) is 2.76. The molecular formula is C14H21NO. The minimum atomic E-state index is -0.00435. The molecule has 1 fully saturated rings. The highest BCUT2D eigenvalue weighted by atomic mass is 16.5. The maximum absolute atomic E-state index is 6.21. The summed E-state index contributed by atoms with van der Waals surface area (Å²) in [5.74, 6) is 1.03. The van der Waals surface area contributed by atoms with Crippen molar-refractivity contribution in [2.45, 2.75) is 38.7 Å². The van der Waals surface area contributed by atoms with Gasteiger partial charge in [-0.3, -0.25) is 0 Å². The normalized spacial score (nSPS) is 26.1. The van der Waals surface area contributed by atoms with Gasteiger partial charge in [-0.15, -0.1) is 0 Å². The highest BCUT2D eigenvalue weighted by molar-refractivity contribution is 5.32. The van der Waals surface area contributed by atoms with E-state index >= 15 is 0 Å². The Morgan fingerprint density at radius 1 is 1.19 bits per heavy atom. The first-order valence-corrected chi connectivity index (χ1v) is 6.15. The number of benzene rings is 1. The van der Waals surface area contributed by atoms with Crippen LogP contribution in [0.1, 0.15) is 31.7 Å². The Morgan fingerprint density at radius 2 is 2.00 bits per heavy atom. The molecule has 1 aliphatic rings. The van der Waals surface area contributed by atoms with Crippen LogP contribution >= 0.6 is 0 Å². The summed E-state index contributed by atoms with van der Waals surface area (Å²) < 4.78 is 6.21. The van der Waals surface area contributed by atoms with Crippen molar-refractivity contribution in [3.8, 4) is 5.75 Å². The van der Waals surface area contributed by atoms with Gasteiger partial charge in [-0.2, -0.15) is 0 Å². The van der Waals surface area contributed by atoms with Gasteiger partial charge in [0.1, 0.15) is 11.4 Å². The molecule has 2 nitrogen and oxygen atoms in total. The molecule has 1 aromatic rings. The summed E-state index contributed by atoms with van der Waals surface area (Å²) in [6.07, 6.45) is 3.41. The van der Waals surface area contributed by atoms with Gasteiger partial charge < -0.3 is 10.1 Å². The first-order valence-electron chi connectivity index (χ1n) is 6.15. The van der Waals surface area contributed by atoms with Crippen molar-refractivity contribution in [1.82, 2.24) is 5.32 Å². The van der Waals surface area contributed by atoms with Gasteiger partial charge in [0.15, 0.2) is 0 Å². The highest BCUT2D eigenvalue weighted by Gasteiger charge is 2.27. The Hall–Kier alpha value is -1.02. The Labute approximate surface area is 98.0 Å². The van der Waals surface area contributed by atoms with Crippen molar-refractivity contribution in [1.29, 1.82) is 0 Å². The van der Waals surface area contributed by atoms with E-state index in [1.54, 1.807) is 0 Å². The number of hydrogen-bond acceptors (Lipinski definition) is 2. The fourth-order valence-electron chi connectivity index (χ4n) is 2.23. The monoisotopic (exact) mass is 219 g/mol. The van der Waals surface area contributed by atoms with E-state index < -0.39 is 0 Å². The number of hydrogen-bond donors (Lipinski definition) is 1. The van der Waals surface area contributed by atoms with E-state index in [4.69, 9.17) is 4.74 Å². The van der Waals surface area contributed by atoms with Crippen molar-refractivity contribution < 1.29 is 4.74 Å². The average molecular weight is 219 g/mol. The van der Waals surface area contributed by atoms with Crippen molar-refractivity contribution in [2.75, 3.05) is 13.1 Å². The average Bonchev–Trinajstić information content (AvgIpc) is 2.47. The summed E-state index contributed by atoms with van der Waals surface area (Å²) in [5.41, 5.74) is 1.22. The van der Waals surface area contributed by atoms with Crippen LogP contribution in [0.4, 0.5) is 0 Å². The molecule has 1 saturated heterocycles. The zero-order chi connectivity index (χ0) is 11.4. The minimum absolute atomic E-state index is 0.00435. The maximum atomic E-state index is 6.21. The number of nitrogens with one attached hydrogen (secondary N) is 1. The Kier molecular flexibility index (Phi) is 3.49. The lowest BCUT2D eigenvalue weighted by Gasteiger charge is -2.30. The fourth-order valence-corrected chi connectivity index (χ4v) is 2.23. The van der Waals surface area contributed by atoms with Crippen LogP contribution in [0.5, 0.6) is 5.75 Å². The van der Waals surface area contributed by atoms with Crippen molar-refractivity contribution in [3.63, 3.8) is 0 Å². The molecule has 1 atom stereocenters. The van der Waals surface area contributed by atoms with Crippen LogP contribution in [0.15, 0.2) is 24.3 Å². The summed E-state index contributed by atoms with van der Waals surface area (Å²) in [6, 6.07) is 8.27. The second kappa shape index (κ2) is 4.88. The van der Waals surface area contributed by atoms with E-state index in [1.807, 2.05) is 6.07 Å². The molecule has 88 valence electrons. The van der Waals surface area contributed by atoms with Gasteiger partial charge in [-0.05, 0) is 57.8 Å². The standard InChI is InChI=1S/C14H21NO/c1-12-6-3-4-7-13(12)16-14(2)8-5-10-15-11-9-14/h3-4,6-7,15H,5,8-11H2,1-2H3. The van der Waals surface area contributed by atoms with Gasteiger partial charge in [0.2, 0.25) is 0 Å². The van der Waals surface area contributed by atoms with Crippen LogP contribution in [0.25, 0.3) is 0 Å². The molecule has 1 aliphatic heterocycles. The van der Waals surface area contributed by atoms with Gasteiger partial charge in [-0.1, -0.05) is 18.2 Å². The Balaban J connectivity index is 2.10. The smallest absolute Gasteiger partial charge is 0.123 e. The fraction of sp³-hybridized carbons (Fsp3) is 0.571. The van der Waals surface area contributed by atoms with Crippen molar-refractivity contribution in [2.24, 2.45) is 0 Å². The molecule has 0 saturated carbocycles. The van der Waals surface area contributed by atoms with Crippen LogP contribution in [0.2, 0.25) is 0 Å². The molecule has 0 aromatic heterocycles. The minimum Gasteiger partial charge on any atom is -0.487 e. The van der Waals surface area contributed by atoms with Crippen LogP contribution in [-0.4, -0.2) is 18.7 Å². The summed E-state index contributed by atoms with van der Waals surface area (Å²) in [6.45, 7) is 6.51. The Morgan fingerprint density at radius 3 is 2.81 bits per heavy atom. The zero-order valence-electron chi connectivity index (χ0n) is 10.3. The first kappa shape index (κ1) is 11.5. The van der Waals surface area contributed by atoms with E-state index in [1.165, 1.54) is 12.0 Å². The van der Waals surface area contributed by atoms with Gasteiger partial charge in [0, 0.05) is 0 Å². The molecular weight excluding hydrogens is 198 g/mol. The summed E-state index contributed by atoms with van der Waals surface area (Å²) in [4.78, 5) is 0. The second-order valence-electron chi connectivity index (χ2n) is 4.92. The molecule has 0 spiro atoms. The van der Waals surface area contributed by atoms with Crippen LogP contribution in [0.3, 0.4) is 0 Å². The molecule has 1 heterocycles. The zero-order valence-corrected chi connectivity index (χ0v) is 10.3. The molecule has 0 radical (unpaired) electrons. The second-order valence-corrected chi connectivity index (χ2v) is 4.92. The number of ether oxygens (including phenoxy) is 1. The van der Waals surface area contributed by atoms with Gasteiger partial charge >= 0.3 is 0 Å². The topological polar surface area (TPSA) is 21.3 Å². The molecule has 1 aromatic carbocycles. The maximum Gasteiger partial charge on any atom is 0.123 e. The largest absolute Gasteiger partial charge is 0.487 e. The summed E-state index contributed by atoms with van der Waals surface area (Å²) >= 11 is 0. The van der Waals surface area contributed by atoms with Crippen LogP contribution in [-0.2, 0) is 0 Å². The number of aryl methyl sites for hydroxylation is 1. The lowest BCUT2D eigenvalue weighted by atomic mass is 9.97. The predicted octanol–water partition coefficient (Wildman–Crippen LogP) is 2.91. The summed E-state index contributed by atoms with van der Waals surface area (Å²) in [5, 5.41) is 3.42. The SMILES string of the molecule is Cc1ccccc1OC1(C)CCCNCC1. The van der Waals surface area contributed by atoms with Crippen LogP contribution < -0.4 is 10.1 Å². The number of rotatable bonds is 2. The van der Waals surface area contributed by atoms with Gasteiger partial charge in [0.05, 0.1) is 0 Å².